The van der Waals surface area contributed by atoms with Crippen molar-refractivity contribution in [2.45, 2.75) is 82.6 Å². The van der Waals surface area contributed by atoms with E-state index in [1.165, 1.54) is 12.8 Å². The van der Waals surface area contributed by atoms with Crippen LogP contribution in [0.5, 0.6) is 0 Å². The van der Waals surface area contributed by atoms with Gasteiger partial charge in [-0.05, 0) is 25.7 Å². The molecule has 7 heteroatoms. The molecule has 25 heavy (non-hydrogen) atoms. The number of aliphatic carboxylic acids is 1. The fourth-order valence-corrected chi connectivity index (χ4v) is 3.99. The maximum Gasteiger partial charge on any atom is 0.308 e. The van der Waals surface area contributed by atoms with E-state index in [2.05, 4.69) is 15.5 Å². The maximum atomic E-state index is 12.2. The summed E-state index contributed by atoms with van der Waals surface area (Å²) in [5, 5.41) is 16.3. The van der Waals surface area contributed by atoms with Crippen molar-refractivity contribution in [3.63, 3.8) is 0 Å². The Labute approximate surface area is 147 Å². The number of amides is 1. The second kappa shape index (κ2) is 8.45. The van der Waals surface area contributed by atoms with Crippen molar-refractivity contribution in [2.24, 2.45) is 5.92 Å². The summed E-state index contributed by atoms with van der Waals surface area (Å²) in [4.78, 5) is 28.1. The smallest absolute Gasteiger partial charge is 0.308 e. The van der Waals surface area contributed by atoms with Gasteiger partial charge in [-0.25, -0.2) is 0 Å². The number of aryl methyl sites for hydroxylation is 1. The first-order valence-corrected chi connectivity index (χ1v) is 9.48. The third-order valence-corrected chi connectivity index (χ3v) is 5.45. The van der Waals surface area contributed by atoms with Crippen LogP contribution in [0.4, 0.5) is 0 Å². The van der Waals surface area contributed by atoms with E-state index in [4.69, 9.17) is 4.52 Å². The number of carboxylic acid groups (broad SMARTS) is 1. The summed E-state index contributed by atoms with van der Waals surface area (Å²) in [5.41, 5.74) is 0. The van der Waals surface area contributed by atoms with Gasteiger partial charge in [0.15, 0.2) is 5.82 Å². The molecule has 0 aliphatic heterocycles. The van der Waals surface area contributed by atoms with Gasteiger partial charge in [-0.1, -0.05) is 37.3 Å². The molecule has 1 amide bonds. The van der Waals surface area contributed by atoms with E-state index in [9.17, 15) is 14.7 Å². The van der Waals surface area contributed by atoms with E-state index >= 15 is 0 Å². The summed E-state index contributed by atoms with van der Waals surface area (Å²) < 4.78 is 5.26. The first-order valence-electron chi connectivity index (χ1n) is 9.48. The molecule has 7 nitrogen and oxygen atoms in total. The lowest BCUT2D eigenvalue weighted by Gasteiger charge is -2.22. The highest BCUT2D eigenvalue weighted by Crippen LogP contribution is 2.32. The van der Waals surface area contributed by atoms with Gasteiger partial charge < -0.3 is 14.9 Å². The molecule has 2 atom stereocenters. The number of hydrogen-bond acceptors (Lipinski definition) is 5. The number of carboxylic acids is 1. The third kappa shape index (κ3) is 4.80. The Bertz CT molecular complexity index is 595. The molecule has 2 saturated carbocycles. The number of nitrogens with one attached hydrogen (secondary N) is 1. The topological polar surface area (TPSA) is 105 Å². The summed E-state index contributed by atoms with van der Waals surface area (Å²) in [6.07, 6.45) is 9.55. The standard InChI is InChI=1S/C18H27N3O4/c22-15(19-14-9-3-1-2-8-13(14)18(23)24)10-11-16-20-17(21-25-16)12-6-4-5-7-12/h12-14H,1-11H2,(H,19,22)(H,23,24)/t13-,14+/m1/s1. The molecule has 138 valence electrons. The van der Waals surface area contributed by atoms with E-state index in [1.54, 1.807) is 0 Å². The molecule has 2 aliphatic carbocycles. The van der Waals surface area contributed by atoms with Crippen LogP contribution in [0, 0.1) is 5.92 Å². The molecular weight excluding hydrogens is 322 g/mol. The van der Waals surface area contributed by atoms with Crippen molar-refractivity contribution in [2.75, 3.05) is 0 Å². The molecule has 2 fully saturated rings. The molecule has 0 aromatic carbocycles. The number of rotatable bonds is 6. The normalized spacial score (nSPS) is 24.8. The SMILES string of the molecule is O=C(CCc1nc(C2CCCC2)no1)N[C@H]1CCCCC[C@H]1C(=O)O. The zero-order chi connectivity index (χ0) is 17.6. The van der Waals surface area contributed by atoms with Crippen LogP contribution in [0.15, 0.2) is 4.52 Å². The van der Waals surface area contributed by atoms with Gasteiger partial charge in [0.1, 0.15) is 0 Å². The van der Waals surface area contributed by atoms with Crippen molar-refractivity contribution >= 4 is 11.9 Å². The van der Waals surface area contributed by atoms with Crippen LogP contribution in [-0.2, 0) is 16.0 Å². The lowest BCUT2D eigenvalue weighted by Crippen LogP contribution is -2.42. The highest BCUT2D eigenvalue weighted by Gasteiger charge is 2.30. The predicted octanol–water partition coefficient (Wildman–Crippen LogP) is 2.81. The van der Waals surface area contributed by atoms with Crippen molar-refractivity contribution in [3.05, 3.63) is 11.7 Å². The predicted molar refractivity (Wildman–Crippen MR) is 90.0 cm³/mol. The van der Waals surface area contributed by atoms with E-state index in [-0.39, 0.29) is 18.4 Å². The largest absolute Gasteiger partial charge is 0.481 e. The van der Waals surface area contributed by atoms with E-state index < -0.39 is 11.9 Å². The number of carbonyl (C=O) groups excluding carboxylic acids is 1. The molecule has 2 N–H and O–H groups in total. The summed E-state index contributed by atoms with van der Waals surface area (Å²) in [5.74, 6) is 0.219. The number of nitrogens with zero attached hydrogens (tertiary/aromatic N) is 2. The molecule has 1 aromatic heterocycles. The van der Waals surface area contributed by atoms with Gasteiger partial charge in [0.05, 0.1) is 5.92 Å². The Hall–Kier alpha value is -1.92. The average molecular weight is 349 g/mol. The van der Waals surface area contributed by atoms with Gasteiger partial charge in [-0.15, -0.1) is 0 Å². The minimum absolute atomic E-state index is 0.140. The lowest BCUT2D eigenvalue weighted by molar-refractivity contribution is -0.143. The highest BCUT2D eigenvalue weighted by molar-refractivity contribution is 5.78. The molecular formula is C18H27N3O4. The molecule has 0 saturated heterocycles. The Morgan fingerprint density at radius 3 is 2.56 bits per heavy atom. The second-order valence-electron chi connectivity index (χ2n) is 7.28. The fourth-order valence-electron chi connectivity index (χ4n) is 3.99. The summed E-state index contributed by atoms with van der Waals surface area (Å²) in [6.45, 7) is 0. The quantitative estimate of drug-likeness (QED) is 0.765. The summed E-state index contributed by atoms with van der Waals surface area (Å²) in [6, 6.07) is -0.274. The second-order valence-corrected chi connectivity index (χ2v) is 7.28. The number of aromatic nitrogens is 2. The van der Waals surface area contributed by atoms with Gasteiger partial charge in [-0.2, -0.15) is 4.98 Å². The first kappa shape index (κ1) is 17.9. The van der Waals surface area contributed by atoms with Gasteiger partial charge in [0.2, 0.25) is 11.8 Å². The van der Waals surface area contributed by atoms with Crippen molar-refractivity contribution in [1.82, 2.24) is 15.5 Å². The first-order chi connectivity index (χ1) is 12.1. The van der Waals surface area contributed by atoms with Crippen LogP contribution in [0.1, 0.15) is 81.8 Å². The molecule has 1 aromatic rings. The Balaban J connectivity index is 1.49. The number of carbonyl (C=O) groups is 2. The van der Waals surface area contributed by atoms with Crippen LogP contribution in [0.2, 0.25) is 0 Å². The zero-order valence-electron chi connectivity index (χ0n) is 14.6. The van der Waals surface area contributed by atoms with E-state index in [1.807, 2.05) is 0 Å². The Morgan fingerprint density at radius 2 is 1.80 bits per heavy atom. The molecule has 3 rings (SSSR count). The fraction of sp³-hybridized carbons (Fsp3) is 0.778. The van der Waals surface area contributed by atoms with Crippen molar-refractivity contribution in [1.29, 1.82) is 0 Å². The molecule has 1 heterocycles. The van der Waals surface area contributed by atoms with Crippen LogP contribution in [0.3, 0.4) is 0 Å². The van der Waals surface area contributed by atoms with Crippen LogP contribution < -0.4 is 5.32 Å². The Kier molecular flexibility index (Phi) is 6.04. The molecule has 2 aliphatic rings. The van der Waals surface area contributed by atoms with Gasteiger partial charge >= 0.3 is 5.97 Å². The maximum absolute atomic E-state index is 12.2. The van der Waals surface area contributed by atoms with Crippen molar-refractivity contribution < 1.29 is 19.2 Å². The van der Waals surface area contributed by atoms with Gasteiger partial charge in [0.25, 0.3) is 0 Å². The molecule has 0 bridgehead atoms. The van der Waals surface area contributed by atoms with Crippen LogP contribution in [-0.4, -0.2) is 33.2 Å². The summed E-state index contributed by atoms with van der Waals surface area (Å²) >= 11 is 0. The molecule has 0 radical (unpaired) electrons. The summed E-state index contributed by atoms with van der Waals surface area (Å²) in [7, 11) is 0. The minimum atomic E-state index is -0.815. The van der Waals surface area contributed by atoms with E-state index in [0.717, 1.165) is 44.3 Å². The van der Waals surface area contributed by atoms with E-state index in [0.29, 0.717) is 24.7 Å². The van der Waals surface area contributed by atoms with Gasteiger partial charge in [-0.3, -0.25) is 9.59 Å². The molecule has 0 spiro atoms. The molecule has 0 unspecified atom stereocenters. The third-order valence-electron chi connectivity index (χ3n) is 5.45. The zero-order valence-corrected chi connectivity index (χ0v) is 14.6. The average Bonchev–Trinajstić information content (AvgIpc) is 3.21. The number of hydrogen-bond donors (Lipinski definition) is 2. The highest BCUT2D eigenvalue weighted by atomic mass is 16.5. The lowest BCUT2D eigenvalue weighted by atomic mass is 9.94. The monoisotopic (exact) mass is 349 g/mol. The van der Waals surface area contributed by atoms with Crippen LogP contribution >= 0.6 is 0 Å². The van der Waals surface area contributed by atoms with Crippen LogP contribution in [0.25, 0.3) is 0 Å². The minimum Gasteiger partial charge on any atom is -0.481 e. The van der Waals surface area contributed by atoms with Crippen molar-refractivity contribution in [3.8, 4) is 0 Å². The van der Waals surface area contributed by atoms with Gasteiger partial charge in [0, 0.05) is 24.8 Å². The Morgan fingerprint density at radius 1 is 1.08 bits per heavy atom.